The summed E-state index contributed by atoms with van der Waals surface area (Å²) in [6.45, 7) is 12.1. The number of nitrogens with zero attached hydrogens (tertiary/aromatic N) is 3. The number of rotatable bonds is 8. The Kier molecular flexibility index (Phi) is 8.48. The van der Waals surface area contributed by atoms with Gasteiger partial charge in [0.1, 0.15) is 17.3 Å². The second-order valence-corrected chi connectivity index (χ2v) is 8.69. The van der Waals surface area contributed by atoms with Gasteiger partial charge in [0.25, 0.3) is 0 Å². The first-order valence-corrected chi connectivity index (χ1v) is 10.8. The molecule has 1 atom stereocenters. The van der Waals surface area contributed by atoms with Crippen LogP contribution in [-0.4, -0.2) is 28.8 Å². The highest BCUT2D eigenvalue weighted by Crippen LogP contribution is 2.31. The minimum atomic E-state index is -0.966. The summed E-state index contributed by atoms with van der Waals surface area (Å²) in [6.07, 6.45) is -0.107. The van der Waals surface area contributed by atoms with Gasteiger partial charge in [0, 0.05) is 14.0 Å². The predicted molar refractivity (Wildman–Crippen MR) is 123 cm³/mol. The van der Waals surface area contributed by atoms with Crippen LogP contribution in [-0.2, 0) is 26.7 Å². The van der Waals surface area contributed by atoms with Gasteiger partial charge in [0.15, 0.2) is 5.76 Å². The van der Waals surface area contributed by atoms with Gasteiger partial charge in [0.2, 0.25) is 6.29 Å². The third-order valence-electron chi connectivity index (χ3n) is 4.88. The Bertz CT molecular complexity index is 992. The first-order valence-electron chi connectivity index (χ1n) is 10.8. The number of benzene rings is 1. The fraction of sp³-hybridized carbons (Fsp3) is 0.480. The molecular formula is C25H33N3O4. The number of unbranched alkanes of at least 4 members (excludes halogenated alkanes) is 1. The number of carbonyl (C=O) groups is 1. The van der Waals surface area contributed by atoms with Crippen molar-refractivity contribution in [2.75, 3.05) is 6.61 Å². The lowest BCUT2D eigenvalue weighted by molar-refractivity contribution is -0.0672. The number of hydrogen-bond donors (Lipinski definition) is 0. The average Bonchev–Trinajstić information content (AvgIpc) is 3.05. The molecule has 0 fully saturated rings. The van der Waals surface area contributed by atoms with Gasteiger partial charge in [-0.05, 0) is 36.0 Å². The molecule has 172 valence electrons. The molecule has 7 heteroatoms. The summed E-state index contributed by atoms with van der Waals surface area (Å²) >= 11 is 0. The van der Waals surface area contributed by atoms with E-state index in [0.717, 1.165) is 24.1 Å². The Morgan fingerprint density at radius 1 is 1.22 bits per heavy atom. The van der Waals surface area contributed by atoms with Crippen molar-refractivity contribution in [2.45, 2.75) is 66.1 Å². The summed E-state index contributed by atoms with van der Waals surface area (Å²) in [5.74, 6) is 0.285. The molecule has 1 aromatic heterocycles. The van der Waals surface area contributed by atoms with Crippen LogP contribution in [0.2, 0.25) is 0 Å². The molecule has 0 amide bonds. The van der Waals surface area contributed by atoms with Crippen molar-refractivity contribution < 1.29 is 19.0 Å². The number of nitriles is 1. The molecule has 0 aliphatic heterocycles. The number of allylic oxidation sites excluding steroid dienone is 1. The van der Waals surface area contributed by atoms with Crippen molar-refractivity contribution >= 4 is 17.5 Å². The van der Waals surface area contributed by atoms with Crippen LogP contribution >= 0.6 is 0 Å². The molecule has 0 saturated heterocycles. The third kappa shape index (κ3) is 6.61. The highest BCUT2D eigenvalue weighted by atomic mass is 16.8. The molecule has 0 radical (unpaired) electrons. The van der Waals surface area contributed by atoms with E-state index in [9.17, 15) is 10.1 Å². The van der Waals surface area contributed by atoms with Gasteiger partial charge in [-0.3, -0.25) is 4.68 Å². The number of carbonyl (C=O) groups excluding carboxylic acids is 1. The topological polar surface area (TPSA) is 86.4 Å². The van der Waals surface area contributed by atoms with Crippen molar-refractivity contribution in [2.24, 2.45) is 7.05 Å². The lowest BCUT2D eigenvalue weighted by Crippen LogP contribution is -2.20. The summed E-state index contributed by atoms with van der Waals surface area (Å²) in [6, 6.07) is 11.9. The molecule has 0 N–H and O–H groups in total. The summed E-state index contributed by atoms with van der Waals surface area (Å²) in [5, 5.41) is 14.4. The highest BCUT2D eigenvalue weighted by molar-refractivity contribution is 5.94. The molecule has 32 heavy (non-hydrogen) atoms. The van der Waals surface area contributed by atoms with Crippen LogP contribution in [0.3, 0.4) is 0 Å². The normalized spacial score (nSPS) is 13.1. The van der Waals surface area contributed by atoms with Gasteiger partial charge >= 0.3 is 6.16 Å². The van der Waals surface area contributed by atoms with Crippen LogP contribution < -0.4 is 0 Å². The van der Waals surface area contributed by atoms with E-state index in [-0.39, 0.29) is 17.8 Å². The zero-order valence-corrected chi connectivity index (χ0v) is 20.1. The summed E-state index contributed by atoms with van der Waals surface area (Å²) in [4.78, 5) is 11.9. The SMILES string of the molecule is CCCCOC(=O)OC(C)O/C(=C(/C#N)c1ccc(C(C)(C)C)cc1)c1cc(C)nn1C. The van der Waals surface area contributed by atoms with Crippen molar-refractivity contribution in [3.8, 4) is 6.07 Å². The standard InChI is InChI=1S/C25H33N3O4/c1-8-9-14-30-24(29)32-18(3)31-23(22-15-17(2)27-28(22)7)21(16-26)19-10-12-20(13-11-19)25(4,5)6/h10-13,15,18H,8-9,14H2,1-7H3/b23-21-. The Balaban J connectivity index is 2.41. The van der Waals surface area contributed by atoms with Crippen molar-refractivity contribution in [3.05, 3.63) is 52.8 Å². The lowest BCUT2D eigenvalue weighted by Gasteiger charge is -2.20. The predicted octanol–water partition coefficient (Wildman–Crippen LogP) is 5.73. The minimum Gasteiger partial charge on any atom is -0.451 e. The van der Waals surface area contributed by atoms with Gasteiger partial charge in [-0.1, -0.05) is 58.4 Å². The monoisotopic (exact) mass is 439 g/mol. The van der Waals surface area contributed by atoms with Gasteiger partial charge < -0.3 is 14.2 Å². The molecule has 0 bridgehead atoms. The molecule has 2 aromatic rings. The van der Waals surface area contributed by atoms with E-state index in [4.69, 9.17) is 14.2 Å². The van der Waals surface area contributed by atoms with Crippen LogP contribution in [0.1, 0.15) is 70.0 Å². The minimum absolute atomic E-state index is 0.00593. The Hall–Kier alpha value is -3.27. The van der Waals surface area contributed by atoms with Gasteiger partial charge in [-0.25, -0.2) is 4.79 Å². The summed E-state index contributed by atoms with van der Waals surface area (Å²) in [5.41, 5.74) is 3.55. The quantitative estimate of drug-likeness (QED) is 0.172. The van der Waals surface area contributed by atoms with Crippen LogP contribution in [0.15, 0.2) is 30.3 Å². The van der Waals surface area contributed by atoms with Crippen LogP contribution in [0.4, 0.5) is 4.79 Å². The van der Waals surface area contributed by atoms with Gasteiger partial charge in [-0.15, -0.1) is 0 Å². The van der Waals surface area contributed by atoms with E-state index in [1.54, 1.807) is 18.7 Å². The third-order valence-corrected chi connectivity index (χ3v) is 4.88. The second kappa shape index (κ2) is 10.9. The average molecular weight is 440 g/mol. The molecule has 1 heterocycles. The van der Waals surface area contributed by atoms with Crippen LogP contribution in [0.5, 0.6) is 0 Å². The fourth-order valence-electron chi connectivity index (χ4n) is 3.11. The first kappa shape index (κ1) is 25.0. The maximum atomic E-state index is 11.9. The number of ether oxygens (including phenoxy) is 3. The van der Waals surface area contributed by atoms with E-state index in [0.29, 0.717) is 16.8 Å². The number of aromatic nitrogens is 2. The second-order valence-electron chi connectivity index (χ2n) is 8.69. The Morgan fingerprint density at radius 3 is 2.38 bits per heavy atom. The highest BCUT2D eigenvalue weighted by Gasteiger charge is 2.22. The van der Waals surface area contributed by atoms with E-state index >= 15 is 0 Å². The largest absolute Gasteiger partial charge is 0.511 e. The molecule has 1 aromatic carbocycles. The smallest absolute Gasteiger partial charge is 0.451 e. The fourth-order valence-corrected chi connectivity index (χ4v) is 3.11. The van der Waals surface area contributed by atoms with Crippen LogP contribution in [0, 0.1) is 18.3 Å². The van der Waals surface area contributed by atoms with E-state index < -0.39 is 12.4 Å². The first-order chi connectivity index (χ1) is 15.1. The van der Waals surface area contributed by atoms with Crippen molar-refractivity contribution in [1.82, 2.24) is 9.78 Å². The number of aryl methyl sites for hydroxylation is 2. The number of hydrogen-bond acceptors (Lipinski definition) is 6. The maximum absolute atomic E-state index is 11.9. The van der Waals surface area contributed by atoms with E-state index in [1.807, 2.05) is 44.2 Å². The Labute approximate surface area is 190 Å². The zero-order valence-electron chi connectivity index (χ0n) is 20.1. The van der Waals surface area contributed by atoms with Crippen molar-refractivity contribution in [3.63, 3.8) is 0 Å². The molecule has 7 nitrogen and oxygen atoms in total. The molecule has 0 saturated carbocycles. The molecule has 0 aliphatic rings. The van der Waals surface area contributed by atoms with Crippen LogP contribution in [0.25, 0.3) is 11.3 Å². The zero-order chi connectivity index (χ0) is 23.9. The molecule has 0 spiro atoms. The summed E-state index contributed by atoms with van der Waals surface area (Å²) in [7, 11) is 1.77. The lowest BCUT2D eigenvalue weighted by atomic mass is 9.86. The van der Waals surface area contributed by atoms with E-state index in [2.05, 4.69) is 31.9 Å². The molecule has 2 rings (SSSR count). The summed E-state index contributed by atoms with van der Waals surface area (Å²) < 4.78 is 17.9. The molecule has 0 aliphatic carbocycles. The van der Waals surface area contributed by atoms with Gasteiger partial charge in [-0.2, -0.15) is 10.4 Å². The molecular weight excluding hydrogens is 406 g/mol. The van der Waals surface area contributed by atoms with Crippen molar-refractivity contribution in [1.29, 1.82) is 5.26 Å². The van der Waals surface area contributed by atoms with Gasteiger partial charge in [0.05, 0.1) is 12.3 Å². The molecule has 1 unspecified atom stereocenters. The van der Waals surface area contributed by atoms with E-state index in [1.165, 1.54) is 0 Å². The maximum Gasteiger partial charge on any atom is 0.511 e. The Morgan fingerprint density at radius 2 is 1.88 bits per heavy atom.